The summed E-state index contributed by atoms with van der Waals surface area (Å²) in [7, 11) is 0. The molecule has 0 amide bonds. The van der Waals surface area contributed by atoms with E-state index in [1.54, 1.807) is 6.92 Å². The standard InChI is InChI=1S/C21H24O4/c1-17(25-21(23)15-13-18-8-4-2-5-9-18)12-14-20(22)24-16-19-10-6-3-7-11-19/h3,6-8,10-15,17H,2,4-5,9,16H2,1H3/b14-12-,15-13+. The van der Waals surface area contributed by atoms with Crippen LogP contribution < -0.4 is 0 Å². The predicted molar refractivity (Wildman–Crippen MR) is 96.6 cm³/mol. The summed E-state index contributed by atoms with van der Waals surface area (Å²) in [4.78, 5) is 23.4. The zero-order valence-corrected chi connectivity index (χ0v) is 14.5. The monoisotopic (exact) mass is 340 g/mol. The van der Waals surface area contributed by atoms with Crippen molar-refractivity contribution in [3.05, 3.63) is 71.8 Å². The fourth-order valence-electron chi connectivity index (χ4n) is 2.44. The summed E-state index contributed by atoms with van der Waals surface area (Å²) in [5.74, 6) is -0.879. The van der Waals surface area contributed by atoms with E-state index in [2.05, 4.69) is 6.08 Å². The highest BCUT2D eigenvalue weighted by Gasteiger charge is 2.06. The first-order valence-electron chi connectivity index (χ1n) is 8.60. The Morgan fingerprint density at radius 1 is 1.12 bits per heavy atom. The third-order valence-corrected chi connectivity index (χ3v) is 3.79. The predicted octanol–water partition coefficient (Wildman–Crippen LogP) is 4.27. The summed E-state index contributed by atoms with van der Waals surface area (Å²) < 4.78 is 10.3. The first-order valence-corrected chi connectivity index (χ1v) is 8.60. The second-order valence-corrected chi connectivity index (χ2v) is 5.95. The summed E-state index contributed by atoms with van der Waals surface area (Å²) in [5.41, 5.74) is 2.10. The van der Waals surface area contributed by atoms with Crippen LogP contribution in [0.25, 0.3) is 0 Å². The summed E-state index contributed by atoms with van der Waals surface area (Å²) in [6.07, 6.45) is 12.2. The molecule has 1 atom stereocenters. The van der Waals surface area contributed by atoms with Gasteiger partial charge < -0.3 is 9.47 Å². The maximum atomic E-state index is 11.8. The first kappa shape index (κ1) is 18.7. The molecule has 0 saturated carbocycles. The van der Waals surface area contributed by atoms with Gasteiger partial charge in [-0.15, -0.1) is 0 Å². The fourth-order valence-corrected chi connectivity index (χ4v) is 2.44. The molecule has 1 aromatic rings. The lowest BCUT2D eigenvalue weighted by atomic mass is 9.99. The maximum absolute atomic E-state index is 11.8. The topological polar surface area (TPSA) is 52.6 Å². The van der Waals surface area contributed by atoms with Gasteiger partial charge in [0, 0.05) is 12.2 Å². The van der Waals surface area contributed by atoms with Gasteiger partial charge in [0.05, 0.1) is 0 Å². The molecule has 1 aliphatic carbocycles. The number of hydrogen-bond acceptors (Lipinski definition) is 4. The second-order valence-electron chi connectivity index (χ2n) is 5.95. The van der Waals surface area contributed by atoms with E-state index in [0.29, 0.717) is 0 Å². The molecule has 0 fully saturated rings. The van der Waals surface area contributed by atoms with E-state index in [1.807, 2.05) is 36.4 Å². The Bertz CT molecular complexity index is 656. The Morgan fingerprint density at radius 3 is 2.64 bits per heavy atom. The van der Waals surface area contributed by atoms with Crippen LogP contribution in [0.1, 0.15) is 38.2 Å². The van der Waals surface area contributed by atoms with E-state index in [-0.39, 0.29) is 6.61 Å². The van der Waals surface area contributed by atoms with Gasteiger partial charge in [0.2, 0.25) is 0 Å². The van der Waals surface area contributed by atoms with Crippen molar-refractivity contribution in [3.8, 4) is 0 Å². The Labute approximate surface area is 148 Å². The number of hydrogen-bond donors (Lipinski definition) is 0. The minimum Gasteiger partial charge on any atom is -0.458 e. The summed E-state index contributed by atoms with van der Waals surface area (Å²) in [6.45, 7) is 1.92. The average molecular weight is 340 g/mol. The quantitative estimate of drug-likeness (QED) is 0.549. The third kappa shape index (κ3) is 7.66. The molecule has 1 aliphatic rings. The van der Waals surface area contributed by atoms with Gasteiger partial charge in [-0.25, -0.2) is 9.59 Å². The number of ether oxygens (including phenoxy) is 2. The molecule has 0 spiro atoms. The Morgan fingerprint density at radius 2 is 1.92 bits per heavy atom. The molecule has 2 rings (SSSR count). The van der Waals surface area contributed by atoms with E-state index in [0.717, 1.165) is 24.8 Å². The number of allylic oxidation sites excluding steroid dienone is 3. The Kier molecular flexibility index (Phi) is 7.70. The molecule has 0 aliphatic heterocycles. The minimum absolute atomic E-state index is 0.218. The van der Waals surface area contributed by atoms with Gasteiger partial charge in [-0.1, -0.05) is 48.1 Å². The molecule has 0 N–H and O–H groups in total. The van der Waals surface area contributed by atoms with Crippen molar-refractivity contribution in [1.29, 1.82) is 0 Å². The van der Waals surface area contributed by atoms with Crippen LogP contribution in [0.3, 0.4) is 0 Å². The Hall–Kier alpha value is -2.62. The van der Waals surface area contributed by atoms with Crippen LogP contribution in [0.2, 0.25) is 0 Å². The number of benzene rings is 1. The van der Waals surface area contributed by atoms with Crippen molar-refractivity contribution >= 4 is 11.9 Å². The van der Waals surface area contributed by atoms with Gasteiger partial charge >= 0.3 is 11.9 Å². The molecular formula is C21H24O4. The highest BCUT2D eigenvalue weighted by molar-refractivity contribution is 5.83. The highest BCUT2D eigenvalue weighted by atomic mass is 16.5. The SMILES string of the molecule is CC(/C=C\C(=O)OCc1ccccc1)OC(=O)/C=C/C1=CCCCC1. The molecule has 0 heterocycles. The molecule has 1 aromatic carbocycles. The Balaban J connectivity index is 1.70. The molecule has 0 aromatic heterocycles. The van der Waals surface area contributed by atoms with Gasteiger partial charge in [0.1, 0.15) is 12.7 Å². The van der Waals surface area contributed by atoms with E-state index >= 15 is 0 Å². The van der Waals surface area contributed by atoms with Crippen molar-refractivity contribution in [1.82, 2.24) is 0 Å². The zero-order chi connectivity index (χ0) is 17.9. The van der Waals surface area contributed by atoms with E-state index in [9.17, 15) is 9.59 Å². The van der Waals surface area contributed by atoms with Crippen molar-refractivity contribution < 1.29 is 19.1 Å². The summed E-state index contributed by atoms with van der Waals surface area (Å²) >= 11 is 0. The molecular weight excluding hydrogens is 316 g/mol. The number of carbonyl (C=O) groups excluding carboxylic acids is 2. The molecule has 4 heteroatoms. The molecule has 0 bridgehead atoms. The molecule has 0 radical (unpaired) electrons. The molecule has 25 heavy (non-hydrogen) atoms. The van der Waals surface area contributed by atoms with E-state index < -0.39 is 18.0 Å². The molecule has 132 valence electrons. The maximum Gasteiger partial charge on any atom is 0.331 e. The zero-order valence-electron chi connectivity index (χ0n) is 14.5. The number of esters is 2. The minimum atomic E-state index is -0.498. The number of rotatable bonds is 7. The number of carbonyl (C=O) groups is 2. The van der Waals surface area contributed by atoms with Crippen molar-refractivity contribution in [2.24, 2.45) is 0 Å². The second kappa shape index (κ2) is 10.3. The normalized spacial score (nSPS) is 15.8. The van der Waals surface area contributed by atoms with Gasteiger partial charge in [0.15, 0.2) is 0 Å². The van der Waals surface area contributed by atoms with Crippen LogP contribution in [0.5, 0.6) is 0 Å². The smallest absolute Gasteiger partial charge is 0.331 e. The van der Waals surface area contributed by atoms with E-state index in [4.69, 9.17) is 9.47 Å². The van der Waals surface area contributed by atoms with Crippen molar-refractivity contribution in [3.63, 3.8) is 0 Å². The first-order chi connectivity index (χ1) is 12.1. The van der Waals surface area contributed by atoms with Gasteiger partial charge in [-0.05, 0) is 44.2 Å². The summed E-state index contributed by atoms with van der Waals surface area (Å²) in [6, 6.07) is 9.44. The lowest BCUT2D eigenvalue weighted by Crippen LogP contribution is -2.11. The molecule has 0 saturated heterocycles. The van der Waals surface area contributed by atoms with Crippen LogP contribution in [-0.4, -0.2) is 18.0 Å². The van der Waals surface area contributed by atoms with E-state index in [1.165, 1.54) is 30.2 Å². The largest absolute Gasteiger partial charge is 0.458 e. The van der Waals surface area contributed by atoms with Crippen LogP contribution >= 0.6 is 0 Å². The van der Waals surface area contributed by atoms with Gasteiger partial charge in [-0.3, -0.25) is 0 Å². The lowest BCUT2D eigenvalue weighted by molar-refractivity contribution is -0.141. The van der Waals surface area contributed by atoms with Gasteiger partial charge in [-0.2, -0.15) is 0 Å². The lowest BCUT2D eigenvalue weighted by Gasteiger charge is -2.09. The molecule has 1 unspecified atom stereocenters. The average Bonchev–Trinajstić information content (AvgIpc) is 2.65. The highest BCUT2D eigenvalue weighted by Crippen LogP contribution is 2.18. The fraction of sp³-hybridized carbons (Fsp3) is 0.333. The van der Waals surface area contributed by atoms with Crippen LogP contribution in [0, 0.1) is 0 Å². The van der Waals surface area contributed by atoms with Crippen molar-refractivity contribution in [2.75, 3.05) is 0 Å². The van der Waals surface area contributed by atoms with Crippen LogP contribution in [0.4, 0.5) is 0 Å². The van der Waals surface area contributed by atoms with Gasteiger partial charge in [0.25, 0.3) is 0 Å². The molecule has 4 nitrogen and oxygen atoms in total. The van der Waals surface area contributed by atoms with Crippen LogP contribution in [0.15, 0.2) is 66.3 Å². The third-order valence-electron chi connectivity index (χ3n) is 3.79. The van der Waals surface area contributed by atoms with Crippen LogP contribution in [-0.2, 0) is 25.7 Å². The van der Waals surface area contributed by atoms with Crippen molar-refractivity contribution in [2.45, 2.75) is 45.3 Å². The summed E-state index contributed by atoms with van der Waals surface area (Å²) in [5, 5.41) is 0.